The number of quaternary nitrogens is 1. The van der Waals surface area contributed by atoms with Gasteiger partial charge in [-0.2, -0.15) is 4.31 Å². The number of rotatable bonds is 8. The lowest BCUT2D eigenvalue weighted by Crippen LogP contribution is -3.15. The van der Waals surface area contributed by atoms with Crippen molar-refractivity contribution in [1.29, 1.82) is 0 Å². The molecule has 1 aliphatic heterocycles. The third-order valence-electron chi connectivity index (χ3n) is 4.65. The lowest BCUT2D eigenvalue weighted by molar-refractivity contribution is -0.895. The van der Waals surface area contributed by atoms with Crippen LogP contribution < -0.4 is 10.2 Å². The molecule has 0 saturated carbocycles. The molecule has 1 aromatic rings. The van der Waals surface area contributed by atoms with Gasteiger partial charge in [-0.25, -0.2) is 8.42 Å². The monoisotopic (exact) mass is 382 g/mol. The largest absolute Gasteiger partial charge is 0.351 e. The Kier molecular flexibility index (Phi) is 7.61. The van der Waals surface area contributed by atoms with E-state index in [4.69, 9.17) is 0 Å². The normalized spacial score (nSPS) is 16.8. The molecule has 0 bridgehead atoms. The lowest BCUT2D eigenvalue weighted by atomic mass is 10.1. The summed E-state index contributed by atoms with van der Waals surface area (Å²) in [5.41, 5.74) is 1.16. The average molecular weight is 383 g/mol. The Bertz CT molecular complexity index is 678. The van der Waals surface area contributed by atoms with Crippen molar-refractivity contribution >= 4 is 15.9 Å². The molecule has 146 valence electrons. The fourth-order valence-electron chi connectivity index (χ4n) is 3.09. The summed E-state index contributed by atoms with van der Waals surface area (Å²) in [4.78, 5) is 13.4. The summed E-state index contributed by atoms with van der Waals surface area (Å²) in [6, 6.07) is 7.21. The summed E-state index contributed by atoms with van der Waals surface area (Å²) in [5.74, 6) is 0.469. The molecule has 2 N–H and O–H groups in total. The van der Waals surface area contributed by atoms with Crippen LogP contribution in [-0.2, 0) is 21.2 Å². The molecular formula is C19H32N3O3S+. The third-order valence-corrected chi connectivity index (χ3v) is 6.56. The van der Waals surface area contributed by atoms with E-state index in [1.165, 1.54) is 4.31 Å². The van der Waals surface area contributed by atoms with Gasteiger partial charge >= 0.3 is 0 Å². The zero-order valence-corrected chi connectivity index (χ0v) is 16.9. The molecule has 1 saturated heterocycles. The van der Waals surface area contributed by atoms with Gasteiger partial charge < -0.3 is 10.2 Å². The van der Waals surface area contributed by atoms with Gasteiger partial charge in [0.2, 0.25) is 10.0 Å². The number of nitrogens with zero attached hydrogens (tertiary/aromatic N) is 1. The summed E-state index contributed by atoms with van der Waals surface area (Å²) in [7, 11) is -3.45. The second-order valence-electron chi connectivity index (χ2n) is 7.42. The molecule has 1 fully saturated rings. The standard InChI is InChI=1S/C19H31N3O3S/c1-4-5-17-6-8-18(9-7-17)26(24,25)22-12-10-21(11-13-22)15-19(23)20-14-16(2)3/h6-9,16H,4-5,10-15H2,1-3H3,(H,20,23)/p+1. The van der Waals surface area contributed by atoms with Crippen molar-refractivity contribution in [2.24, 2.45) is 5.92 Å². The van der Waals surface area contributed by atoms with Gasteiger partial charge in [-0.1, -0.05) is 39.3 Å². The average Bonchev–Trinajstić information content (AvgIpc) is 2.61. The molecule has 26 heavy (non-hydrogen) atoms. The molecule has 0 radical (unpaired) electrons. The summed E-state index contributed by atoms with van der Waals surface area (Å²) >= 11 is 0. The number of sulfonamides is 1. The van der Waals surface area contributed by atoms with Crippen LogP contribution >= 0.6 is 0 Å². The number of aryl methyl sites for hydroxylation is 1. The molecular weight excluding hydrogens is 350 g/mol. The number of hydrogen-bond donors (Lipinski definition) is 2. The summed E-state index contributed by atoms with van der Waals surface area (Å²) in [5, 5.41) is 2.92. The van der Waals surface area contributed by atoms with Crippen LogP contribution in [0.25, 0.3) is 0 Å². The van der Waals surface area contributed by atoms with Crippen LogP contribution in [0.3, 0.4) is 0 Å². The van der Waals surface area contributed by atoms with Crippen LogP contribution in [0.1, 0.15) is 32.8 Å². The molecule has 6 nitrogen and oxygen atoms in total. The van der Waals surface area contributed by atoms with Crippen LogP contribution in [0.15, 0.2) is 29.2 Å². The second kappa shape index (κ2) is 9.48. The molecule has 1 aliphatic rings. The highest BCUT2D eigenvalue weighted by Gasteiger charge is 2.31. The number of benzene rings is 1. The zero-order valence-electron chi connectivity index (χ0n) is 16.1. The minimum absolute atomic E-state index is 0.0384. The molecule has 0 aromatic heterocycles. The van der Waals surface area contributed by atoms with Gasteiger partial charge in [0.1, 0.15) is 0 Å². The van der Waals surface area contributed by atoms with Gasteiger partial charge in [-0.3, -0.25) is 4.79 Å². The van der Waals surface area contributed by atoms with Crippen LogP contribution in [0, 0.1) is 5.92 Å². The highest BCUT2D eigenvalue weighted by atomic mass is 32.2. The number of amides is 1. The van der Waals surface area contributed by atoms with Crippen molar-refractivity contribution in [3.05, 3.63) is 29.8 Å². The van der Waals surface area contributed by atoms with Gasteiger partial charge in [0, 0.05) is 6.54 Å². The van der Waals surface area contributed by atoms with E-state index >= 15 is 0 Å². The first kappa shape index (κ1) is 20.9. The van der Waals surface area contributed by atoms with Crippen molar-refractivity contribution in [3.63, 3.8) is 0 Å². The molecule has 0 unspecified atom stereocenters. The molecule has 7 heteroatoms. The smallest absolute Gasteiger partial charge is 0.275 e. The summed E-state index contributed by atoms with van der Waals surface area (Å²) < 4.78 is 27.1. The van der Waals surface area contributed by atoms with E-state index in [1.54, 1.807) is 12.1 Å². The number of piperazine rings is 1. The maximum absolute atomic E-state index is 12.8. The van der Waals surface area contributed by atoms with Crippen LogP contribution in [0.4, 0.5) is 0 Å². The Morgan fingerprint density at radius 3 is 2.35 bits per heavy atom. The van der Waals surface area contributed by atoms with E-state index in [1.807, 2.05) is 12.1 Å². The number of carbonyl (C=O) groups is 1. The molecule has 0 aliphatic carbocycles. The Labute approximate surface area is 157 Å². The maximum Gasteiger partial charge on any atom is 0.275 e. The van der Waals surface area contributed by atoms with Gasteiger partial charge in [0.25, 0.3) is 5.91 Å². The predicted molar refractivity (Wildman–Crippen MR) is 103 cm³/mol. The number of hydrogen-bond acceptors (Lipinski definition) is 3. The van der Waals surface area contributed by atoms with E-state index < -0.39 is 10.0 Å². The minimum Gasteiger partial charge on any atom is -0.351 e. The van der Waals surface area contributed by atoms with Gasteiger partial charge in [-0.15, -0.1) is 0 Å². The molecule has 1 aromatic carbocycles. The van der Waals surface area contributed by atoms with E-state index in [0.29, 0.717) is 50.1 Å². The molecule has 2 rings (SSSR count). The molecule has 1 heterocycles. The summed E-state index contributed by atoms with van der Waals surface area (Å²) in [6.07, 6.45) is 2.00. The molecule has 0 spiro atoms. The first-order chi connectivity index (χ1) is 12.3. The second-order valence-corrected chi connectivity index (χ2v) is 9.36. The Hall–Kier alpha value is -1.44. The third kappa shape index (κ3) is 5.79. The maximum atomic E-state index is 12.8. The Morgan fingerprint density at radius 2 is 1.81 bits per heavy atom. The minimum atomic E-state index is -3.45. The quantitative estimate of drug-likeness (QED) is 0.679. The zero-order chi connectivity index (χ0) is 19.2. The topological polar surface area (TPSA) is 70.9 Å². The van der Waals surface area contributed by atoms with Crippen molar-refractivity contribution in [3.8, 4) is 0 Å². The van der Waals surface area contributed by atoms with Crippen LogP contribution in [-0.4, -0.2) is 57.9 Å². The van der Waals surface area contributed by atoms with Gasteiger partial charge in [-0.05, 0) is 30.0 Å². The molecule has 0 atom stereocenters. The van der Waals surface area contributed by atoms with Crippen molar-refractivity contribution in [2.75, 3.05) is 39.3 Å². The number of nitrogens with one attached hydrogen (secondary N) is 2. The van der Waals surface area contributed by atoms with E-state index in [0.717, 1.165) is 23.3 Å². The Morgan fingerprint density at radius 1 is 1.19 bits per heavy atom. The Balaban J connectivity index is 1.88. The van der Waals surface area contributed by atoms with Crippen molar-refractivity contribution < 1.29 is 18.1 Å². The van der Waals surface area contributed by atoms with Crippen LogP contribution in [0.5, 0.6) is 0 Å². The first-order valence-electron chi connectivity index (χ1n) is 9.52. The lowest BCUT2D eigenvalue weighted by Gasteiger charge is -2.31. The van der Waals surface area contributed by atoms with Gasteiger partial charge in [0.15, 0.2) is 6.54 Å². The summed E-state index contributed by atoms with van der Waals surface area (Å²) in [6.45, 7) is 9.53. The highest BCUT2D eigenvalue weighted by Crippen LogP contribution is 2.17. The fourth-order valence-corrected chi connectivity index (χ4v) is 4.53. The fraction of sp³-hybridized carbons (Fsp3) is 0.632. The predicted octanol–water partition coefficient (Wildman–Crippen LogP) is 0.301. The molecule has 1 amide bonds. The van der Waals surface area contributed by atoms with Crippen molar-refractivity contribution in [2.45, 2.75) is 38.5 Å². The highest BCUT2D eigenvalue weighted by molar-refractivity contribution is 7.89. The van der Waals surface area contributed by atoms with E-state index in [-0.39, 0.29) is 5.91 Å². The SMILES string of the molecule is CCCc1ccc(S(=O)(=O)N2CC[NH+](CC(=O)NCC(C)C)CC2)cc1. The van der Waals surface area contributed by atoms with Crippen molar-refractivity contribution in [1.82, 2.24) is 9.62 Å². The van der Waals surface area contributed by atoms with E-state index in [9.17, 15) is 13.2 Å². The van der Waals surface area contributed by atoms with E-state index in [2.05, 4.69) is 26.1 Å². The van der Waals surface area contributed by atoms with Crippen LogP contribution in [0.2, 0.25) is 0 Å². The van der Waals surface area contributed by atoms with Gasteiger partial charge in [0.05, 0.1) is 31.1 Å². The first-order valence-corrected chi connectivity index (χ1v) is 11.0. The number of carbonyl (C=O) groups excluding carboxylic acids is 1.